The van der Waals surface area contributed by atoms with Crippen LogP contribution in [0.5, 0.6) is 0 Å². The summed E-state index contributed by atoms with van der Waals surface area (Å²) in [6.07, 6.45) is 0. The van der Waals surface area contributed by atoms with Crippen LogP contribution in [0.3, 0.4) is 0 Å². The largest absolute Gasteiger partial charge is 0.362 e. The molecule has 1 atom stereocenters. The summed E-state index contributed by atoms with van der Waals surface area (Å²) in [6, 6.07) is 9.62. The first-order chi connectivity index (χ1) is 7.46. The van der Waals surface area contributed by atoms with Crippen LogP contribution >= 0.6 is 7.52 Å². The molecule has 0 radical (unpaired) electrons. The summed E-state index contributed by atoms with van der Waals surface area (Å²) >= 11 is 0. The number of amidine groups is 1. The Kier molecular flexibility index (Phi) is 4.27. The fraction of sp³-hybridized carbons (Fsp3) is 0.364. The van der Waals surface area contributed by atoms with Crippen molar-refractivity contribution in [3.05, 3.63) is 35.9 Å². The van der Waals surface area contributed by atoms with E-state index < -0.39 is 7.52 Å². The fourth-order valence-corrected chi connectivity index (χ4v) is 1.93. The van der Waals surface area contributed by atoms with Gasteiger partial charge >= 0.3 is 7.52 Å². The predicted octanol–water partition coefficient (Wildman–Crippen LogP) is 2.46. The summed E-state index contributed by atoms with van der Waals surface area (Å²) in [5.74, 6) is 0.660. The molecule has 0 saturated heterocycles. The van der Waals surface area contributed by atoms with Gasteiger partial charge in [0.2, 0.25) is 0 Å². The highest BCUT2D eigenvalue weighted by atomic mass is 31.2. The lowest BCUT2D eigenvalue weighted by molar-refractivity contribution is 0.399. The highest BCUT2D eigenvalue weighted by molar-refractivity contribution is 7.56. The molecular formula is C11H17N2O2P. The van der Waals surface area contributed by atoms with E-state index in [9.17, 15) is 4.57 Å². The van der Waals surface area contributed by atoms with Crippen LogP contribution in [0.2, 0.25) is 0 Å². The Hall–Kier alpha value is -1.12. The molecule has 0 aliphatic carbocycles. The lowest BCUT2D eigenvalue weighted by atomic mass is 10.2. The van der Waals surface area contributed by atoms with Crippen LogP contribution in [0.25, 0.3) is 0 Å². The van der Waals surface area contributed by atoms with Crippen molar-refractivity contribution in [1.29, 1.82) is 0 Å². The topological polar surface area (TPSA) is 41.9 Å². The van der Waals surface area contributed by atoms with Crippen molar-refractivity contribution in [3.63, 3.8) is 0 Å². The molecule has 1 aromatic carbocycles. The zero-order chi connectivity index (χ0) is 12.2. The molecule has 1 rings (SSSR count). The van der Waals surface area contributed by atoms with E-state index in [0.29, 0.717) is 5.84 Å². The SMILES string of the molecule is COP(C)(=O)/N=C(\c1ccccc1)N(C)C. The van der Waals surface area contributed by atoms with E-state index in [1.165, 1.54) is 13.8 Å². The first-order valence-corrected chi connectivity index (χ1v) is 6.95. The number of benzene rings is 1. The summed E-state index contributed by atoms with van der Waals surface area (Å²) in [6.45, 7) is 1.50. The third-order valence-electron chi connectivity index (χ3n) is 2.07. The van der Waals surface area contributed by atoms with Crippen LogP contribution in [0, 0.1) is 0 Å². The number of rotatable bonds is 3. The Morgan fingerprint density at radius 3 is 2.31 bits per heavy atom. The summed E-state index contributed by atoms with van der Waals surface area (Å²) in [4.78, 5) is 1.82. The normalized spacial score (nSPS) is 15.6. The van der Waals surface area contributed by atoms with Crippen molar-refractivity contribution in [2.45, 2.75) is 0 Å². The minimum absolute atomic E-state index is 0.660. The molecular weight excluding hydrogens is 223 g/mol. The second kappa shape index (κ2) is 5.28. The molecule has 5 heteroatoms. The van der Waals surface area contributed by atoms with E-state index in [1.807, 2.05) is 49.3 Å². The van der Waals surface area contributed by atoms with Crippen molar-refractivity contribution >= 4 is 13.4 Å². The van der Waals surface area contributed by atoms with Gasteiger partial charge in [-0.15, -0.1) is 0 Å². The van der Waals surface area contributed by atoms with Gasteiger partial charge in [-0.3, -0.25) is 4.57 Å². The van der Waals surface area contributed by atoms with Gasteiger partial charge in [-0.2, -0.15) is 4.76 Å². The molecule has 1 unspecified atom stereocenters. The van der Waals surface area contributed by atoms with Crippen LogP contribution in [0.4, 0.5) is 0 Å². The molecule has 0 N–H and O–H groups in total. The van der Waals surface area contributed by atoms with Gasteiger partial charge in [0.1, 0.15) is 5.84 Å². The van der Waals surface area contributed by atoms with E-state index in [0.717, 1.165) is 5.56 Å². The average Bonchev–Trinajstić information content (AvgIpc) is 2.27. The monoisotopic (exact) mass is 240 g/mol. The highest BCUT2D eigenvalue weighted by Gasteiger charge is 2.15. The van der Waals surface area contributed by atoms with Gasteiger partial charge in [0.25, 0.3) is 0 Å². The molecule has 0 fully saturated rings. The number of hydrogen-bond donors (Lipinski definition) is 0. The lowest BCUT2D eigenvalue weighted by Gasteiger charge is -2.17. The Labute approximate surface area is 96.5 Å². The molecule has 88 valence electrons. The van der Waals surface area contributed by atoms with Crippen LogP contribution < -0.4 is 0 Å². The third kappa shape index (κ3) is 3.47. The predicted molar refractivity (Wildman–Crippen MR) is 67.2 cm³/mol. The molecule has 16 heavy (non-hydrogen) atoms. The number of nitrogens with zero attached hydrogens (tertiary/aromatic N) is 2. The molecule has 0 amide bonds. The zero-order valence-electron chi connectivity index (χ0n) is 10.0. The van der Waals surface area contributed by atoms with Gasteiger partial charge in [0.15, 0.2) is 0 Å². The second-order valence-corrected chi connectivity index (χ2v) is 5.84. The maximum atomic E-state index is 11.8. The molecule has 4 nitrogen and oxygen atoms in total. The third-order valence-corrected chi connectivity index (χ3v) is 3.30. The molecule has 0 spiro atoms. The minimum atomic E-state index is -2.90. The Morgan fingerprint density at radius 2 is 1.88 bits per heavy atom. The molecule has 0 aliphatic rings. The van der Waals surface area contributed by atoms with Crippen molar-refractivity contribution in [2.24, 2.45) is 4.76 Å². The van der Waals surface area contributed by atoms with Crippen LogP contribution in [-0.4, -0.2) is 38.6 Å². The van der Waals surface area contributed by atoms with Gasteiger partial charge < -0.3 is 9.42 Å². The Balaban J connectivity index is 3.16. The maximum Gasteiger partial charge on any atom is 0.313 e. The molecule has 1 aromatic rings. The van der Waals surface area contributed by atoms with Gasteiger partial charge in [-0.25, -0.2) is 0 Å². The Morgan fingerprint density at radius 1 is 1.31 bits per heavy atom. The zero-order valence-corrected chi connectivity index (χ0v) is 10.9. The van der Waals surface area contributed by atoms with Gasteiger partial charge in [-0.05, 0) is 0 Å². The van der Waals surface area contributed by atoms with Gasteiger partial charge in [-0.1, -0.05) is 30.3 Å². The first kappa shape index (κ1) is 12.9. The van der Waals surface area contributed by atoms with Crippen LogP contribution in [0.15, 0.2) is 35.1 Å². The van der Waals surface area contributed by atoms with Crippen molar-refractivity contribution in [1.82, 2.24) is 4.90 Å². The summed E-state index contributed by atoms with van der Waals surface area (Å²) in [5.41, 5.74) is 0.923. The van der Waals surface area contributed by atoms with E-state index in [2.05, 4.69) is 4.76 Å². The average molecular weight is 240 g/mol. The lowest BCUT2D eigenvalue weighted by Crippen LogP contribution is -2.23. The van der Waals surface area contributed by atoms with E-state index >= 15 is 0 Å². The highest BCUT2D eigenvalue weighted by Crippen LogP contribution is 2.43. The minimum Gasteiger partial charge on any atom is -0.362 e. The fourth-order valence-electron chi connectivity index (χ4n) is 1.21. The van der Waals surface area contributed by atoms with E-state index in [1.54, 1.807) is 0 Å². The van der Waals surface area contributed by atoms with Crippen LogP contribution in [-0.2, 0) is 9.09 Å². The van der Waals surface area contributed by atoms with E-state index in [-0.39, 0.29) is 0 Å². The summed E-state index contributed by atoms with van der Waals surface area (Å²) < 4.78 is 20.9. The molecule has 0 saturated carbocycles. The van der Waals surface area contributed by atoms with Crippen LogP contribution in [0.1, 0.15) is 5.56 Å². The van der Waals surface area contributed by atoms with Gasteiger partial charge in [0.05, 0.1) is 0 Å². The first-order valence-electron chi connectivity index (χ1n) is 4.92. The molecule has 0 bridgehead atoms. The molecule has 0 aliphatic heterocycles. The smallest absolute Gasteiger partial charge is 0.313 e. The molecule has 0 aromatic heterocycles. The van der Waals surface area contributed by atoms with Crippen molar-refractivity contribution in [2.75, 3.05) is 27.9 Å². The number of hydrogen-bond acceptors (Lipinski definition) is 2. The van der Waals surface area contributed by atoms with Crippen molar-refractivity contribution in [3.8, 4) is 0 Å². The van der Waals surface area contributed by atoms with Crippen molar-refractivity contribution < 1.29 is 9.09 Å². The standard InChI is InChI=1S/C11H17N2O2P/c1-13(2)11(12-16(4,14)15-3)10-8-6-5-7-9-10/h5-9H,1-4H3/b12-11+. The van der Waals surface area contributed by atoms with E-state index in [4.69, 9.17) is 4.52 Å². The van der Waals surface area contributed by atoms with Gasteiger partial charge in [0, 0.05) is 33.4 Å². The second-order valence-electron chi connectivity index (χ2n) is 3.67. The Bertz CT molecular complexity index is 415. The summed E-state index contributed by atoms with van der Waals surface area (Å²) in [5, 5.41) is 0. The summed E-state index contributed by atoms with van der Waals surface area (Å²) in [7, 11) is 2.23. The maximum absolute atomic E-state index is 11.8. The quantitative estimate of drug-likeness (QED) is 0.463. The molecule has 0 heterocycles.